The normalized spacial score (nSPS) is 11.2. The Hall–Kier alpha value is -5.14. The van der Waals surface area contributed by atoms with Gasteiger partial charge in [0.25, 0.3) is 0 Å². The molecule has 0 radical (unpaired) electrons. The number of thioether (sulfide) groups is 1. The first-order chi connectivity index (χ1) is 19.9. The van der Waals surface area contributed by atoms with Gasteiger partial charge in [-0.15, -0.1) is 0 Å². The number of aliphatic hydroxyl groups excluding tert-OH is 2. The molecule has 2 heterocycles. The third kappa shape index (κ3) is 6.54. The second kappa shape index (κ2) is 13.3. The van der Waals surface area contributed by atoms with Crippen molar-refractivity contribution >= 4 is 23.5 Å². The van der Waals surface area contributed by atoms with Crippen LogP contribution in [0.3, 0.4) is 0 Å². The van der Waals surface area contributed by atoms with Gasteiger partial charge in [-0.2, -0.15) is 10.5 Å². The lowest BCUT2D eigenvalue weighted by molar-refractivity contribution is 0.0536. The third-order valence-electron chi connectivity index (χ3n) is 5.65. The highest BCUT2D eigenvalue weighted by Gasteiger charge is 2.25. The number of aromatic nitrogens is 2. The molecule has 0 saturated carbocycles. The number of aliphatic hydroxyl groups is 2. The van der Waals surface area contributed by atoms with Crippen LogP contribution < -0.4 is 10.5 Å². The van der Waals surface area contributed by atoms with E-state index in [1.807, 2.05) is 12.1 Å². The lowest BCUT2D eigenvalue weighted by Gasteiger charge is -2.14. The van der Waals surface area contributed by atoms with Gasteiger partial charge in [-0.3, -0.25) is 0 Å². The minimum absolute atomic E-state index is 0.0262. The predicted molar refractivity (Wildman–Crippen MR) is 149 cm³/mol. The Labute approximate surface area is 239 Å². The number of nitrogens with two attached hydrogens (primary N) is 1. The largest absolute Gasteiger partial charge is 0.491 e. The zero-order valence-electron chi connectivity index (χ0n) is 21.5. The van der Waals surface area contributed by atoms with E-state index in [0.29, 0.717) is 16.9 Å². The number of carbonyl (C=O) groups excluding carboxylic acids is 1. The van der Waals surface area contributed by atoms with Crippen LogP contribution in [0.15, 0.2) is 76.9 Å². The van der Waals surface area contributed by atoms with Gasteiger partial charge in [0.1, 0.15) is 52.7 Å². The molecule has 1 atom stereocenters. The fraction of sp³-hybridized carbons (Fsp3) is 0.138. The van der Waals surface area contributed by atoms with E-state index < -0.39 is 18.7 Å². The van der Waals surface area contributed by atoms with Crippen molar-refractivity contribution in [2.45, 2.75) is 16.9 Å². The number of hydrogen-bond acceptors (Lipinski definition) is 12. The Kier molecular flexibility index (Phi) is 9.35. The van der Waals surface area contributed by atoms with Gasteiger partial charge in [-0.1, -0.05) is 48.7 Å². The van der Waals surface area contributed by atoms with E-state index in [1.165, 1.54) is 0 Å². The number of carbonyl (C=O) groups is 1. The maximum atomic E-state index is 12.6. The number of anilines is 1. The van der Waals surface area contributed by atoms with Gasteiger partial charge < -0.3 is 29.8 Å². The summed E-state index contributed by atoms with van der Waals surface area (Å²) in [6.07, 6.45) is -0.0462. The smallest absolute Gasteiger partial charge is 0.381 e. The summed E-state index contributed by atoms with van der Waals surface area (Å²) in [7, 11) is 0. The molecule has 2 aromatic heterocycles. The monoisotopic (exact) mass is 569 g/mol. The Morgan fingerprint density at radius 2 is 1.80 bits per heavy atom. The molecule has 0 unspecified atom stereocenters. The molecule has 4 N–H and O–H groups in total. The van der Waals surface area contributed by atoms with Crippen molar-refractivity contribution in [2.75, 3.05) is 18.9 Å². The standard InChI is InChI=1S/C29H23N5O6S/c1-2-38-29(37)25-23(33-27(40-25)18-6-4-3-5-7-18)16-41-28-22(13-31)24(21(12-30)26(32)34-28)17-8-10-20(11-9-17)39-15-19(36)14-35/h2-11,19,35-36H,1,14-16H2,(H2,32,34)/t19-/m0/s1. The Morgan fingerprint density at radius 3 is 2.44 bits per heavy atom. The topological polar surface area (TPSA) is 189 Å². The summed E-state index contributed by atoms with van der Waals surface area (Å²) in [5.41, 5.74) is 7.95. The molecule has 206 valence electrons. The van der Waals surface area contributed by atoms with Crippen molar-refractivity contribution in [3.05, 3.63) is 90.0 Å². The molecule has 11 nitrogen and oxygen atoms in total. The zero-order chi connectivity index (χ0) is 29.4. The minimum atomic E-state index is -1.03. The van der Waals surface area contributed by atoms with Crippen molar-refractivity contribution in [3.63, 3.8) is 0 Å². The van der Waals surface area contributed by atoms with E-state index in [4.69, 9.17) is 24.7 Å². The Bertz CT molecular complexity index is 1640. The number of esters is 1. The van der Waals surface area contributed by atoms with E-state index >= 15 is 0 Å². The van der Waals surface area contributed by atoms with Gasteiger partial charge in [0.05, 0.1) is 18.4 Å². The molecule has 41 heavy (non-hydrogen) atoms. The van der Waals surface area contributed by atoms with Crippen LogP contribution in [0.25, 0.3) is 22.6 Å². The fourth-order valence-corrected chi connectivity index (χ4v) is 4.66. The molecular weight excluding hydrogens is 546 g/mol. The number of nitrogens with zero attached hydrogens (tertiary/aromatic N) is 4. The van der Waals surface area contributed by atoms with Crippen LogP contribution in [-0.4, -0.2) is 45.5 Å². The summed E-state index contributed by atoms with van der Waals surface area (Å²) in [4.78, 5) is 21.3. The molecule has 0 amide bonds. The molecular formula is C29H23N5O6S. The summed E-state index contributed by atoms with van der Waals surface area (Å²) < 4.78 is 16.1. The Morgan fingerprint density at radius 1 is 1.10 bits per heavy atom. The molecule has 0 spiro atoms. The van der Waals surface area contributed by atoms with Crippen molar-refractivity contribution < 1.29 is 28.9 Å². The molecule has 4 rings (SSSR count). The maximum absolute atomic E-state index is 12.6. The lowest BCUT2D eigenvalue weighted by Crippen LogP contribution is -2.21. The summed E-state index contributed by atoms with van der Waals surface area (Å²) in [5.74, 6) is -0.309. The number of nitriles is 2. The lowest BCUT2D eigenvalue weighted by atomic mass is 9.97. The van der Waals surface area contributed by atoms with Gasteiger partial charge in [0, 0.05) is 16.9 Å². The molecule has 0 aliphatic heterocycles. The summed E-state index contributed by atoms with van der Waals surface area (Å²) in [6, 6.07) is 19.6. The maximum Gasteiger partial charge on any atom is 0.381 e. The SMILES string of the molecule is C=COC(=O)c1oc(-c2ccccc2)nc1CSc1nc(N)c(C#N)c(-c2ccc(OC[C@@H](O)CO)cc2)c1C#N. The van der Waals surface area contributed by atoms with Crippen molar-refractivity contribution in [1.29, 1.82) is 10.5 Å². The van der Waals surface area contributed by atoms with Crippen LogP contribution in [0.1, 0.15) is 27.4 Å². The van der Waals surface area contributed by atoms with Crippen LogP contribution >= 0.6 is 11.8 Å². The van der Waals surface area contributed by atoms with Crippen molar-refractivity contribution in [3.8, 4) is 40.5 Å². The molecule has 4 aromatic rings. The van der Waals surface area contributed by atoms with E-state index in [1.54, 1.807) is 48.5 Å². The number of pyridine rings is 1. The number of rotatable bonds is 11. The number of oxazole rings is 1. The first-order valence-electron chi connectivity index (χ1n) is 12.1. The van der Waals surface area contributed by atoms with Gasteiger partial charge in [-0.05, 0) is 29.8 Å². The number of hydrogen-bond donors (Lipinski definition) is 3. The minimum Gasteiger partial charge on any atom is -0.491 e. The van der Waals surface area contributed by atoms with Crippen LogP contribution in [0, 0.1) is 22.7 Å². The Balaban J connectivity index is 1.69. The van der Waals surface area contributed by atoms with Gasteiger partial charge in [0.15, 0.2) is 0 Å². The molecule has 0 bridgehead atoms. The van der Waals surface area contributed by atoms with Crippen molar-refractivity contribution in [2.24, 2.45) is 0 Å². The van der Waals surface area contributed by atoms with Gasteiger partial charge in [-0.25, -0.2) is 14.8 Å². The second-order valence-corrected chi connectivity index (χ2v) is 9.31. The zero-order valence-corrected chi connectivity index (χ0v) is 22.3. The molecule has 0 fully saturated rings. The summed E-state index contributed by atoms with van der Waals surface area (Å²) >= 11 is 1.09. The van der Waals surface area contributed by atoms with Crippen LogP contribution in [-0.2, 0) is 10.5 Å². The molecule has 2 aromatic carbocycles. The van der Waals surface area contributed by atoms with Crippen LogP contribution in [0.5, 0.6) is 5.75 Å². The van der Waals surface area contributed by atoms with Crippen molar-refractivity contribution in [1.82, 2.24) is 9.97 Å². The van der Waals surface area contributed by atoms with Crippen LogP contribution in [0.4, 0.5) is 5.82 Å². The fourth-order valence-electron chi connectivity index (χ4n) is 3.73. The molecule has 0 aliphatic rings. The number of nitrogen functional groups attached to an aromatic ring is 1. The summed E-state index contributed by atoms with van der Waals surface area (Å²) in [6.45, 7) is 2.85. The first kappa shape index (κ1) is 28.9. The number of ether oxygens (including phenoxy) is 2. The highest BCUT2D eigenvalue weighted by molar-refractivity contribution is 7.98. The third-order valence-corrected chi connectivity index (χ3v) is 6.64. The highest BCUT2D eigenvalue weighted by Crippen LogP contribution is 2.38. The van der Waals surface area contributed by atoms with E-state index in [2.05, 4.69) is 22.6 Å². The predicted octanol–water partition coefficient (Wildman–Crippen LogP) is 4.05. The average molecular weight is 570 g/mol. The number of benzene rings is 2. The second-order valence-electron chi connectivity index (χ2n) is 8.34. The first-order valence-corrected chi connectivity index (χ1v) is 13.0. The van der Waals surface area contributed by atoms with E-state index in [9.17, 15) is 20.4 Å². The van der Waals surface area contributed by atoms with Gasteiger partial charge >= 0.3 is 5.97 Å². The molecule has 12 heteroatoms. The van der Waals surface area contributed by atoms with E-state index in [-0.39, 0.29) is 57.2 Å². The van der Waals surface area contributed by atoms with Crippen LogP contribution in [0.2, 0.25) is 0 Å². The molecule has 0 aliphatic carbocycles. The van der Waals surface area contributed by atoms with E-state index in [0.717, 1.165) is 18.0 Å². The quantitative estimate of drug-likeness (QED) is 0.134. The molecule has 0 saturated heterocycles. The summed E-state index contributed by atoms with van der Waals surface area (Å²) in [5, 5.41) is 38.6. The van der Waals surface area contributed by atoms with Gasteiger partial charge in [0.2, 0.25) is 11.7 Å². The average Bonchev–Trinajstić information content (AvgIpc) is 3.43. The highest BCUT2D eigenvalue weighted by atomic mass is 32.2.